The van der Waals surface area contributed by atoms with Crippen LogP contribution in [0.5, 0.6) is 0 Å². The van der Waals surface area contributed by atoms with Gasteiger partial charge in [0.05, 0.1) is 4.90 Å². The van der Waals surface area contributed by atoms with Crippen molar-refractivity contribution < 1.29 is 8.42 Å². The first-order valence-electron chi connectivity index (χ1n) is 6.53. The molecule has 2 aliphatic carbocycles. The van der Waals surface area contributed by atoms with Crippen molar-refractivity contribution in [2.45, 2.75) is 55.6 Å². The largest absolute Gasteiger partial charge is 0.346 e. The van der Waals surface area contributed by atoms with Gasteiger partial charge in [-0.1, -0.05) is 6.42 Å². The first kappa shape index (κ1) is 12.2. The van der Waals surface area contributed by atoms with E-state index in [-0.39, 0.29) is 6.04 Å². The molecule has 1 heterocycles. The second-order valence-electron chi connectivity index (χ2n) is 5.26. The van der Waals surface area contributed by atoms with Crippen molar-refractivity contribution in [2.75, 3.05) is 0 Å². The SMILES string of the molecule is NCc1cc(S(=O)(=O)NC2CCC2)cn1C1CC1. The Kier molecular flexibility index (Phi) is 2.96. The first-order valence-corrected chi connectivity index (χ1v) is 8.01. The highest BCUT2D eigenvalue weighted by atomic mass is 32.2. The minimum absolute atomic E-state index is 0.126. The highest BCUT2D eigenvalue weighted by Gasteiger charge is 2.29. The normalized spacial score (nSPS) is 20.9. The van der Waals surface area contributed by atoms with Crippen LogP contribution in [0.15, 0.2) is 17.2 Å². The average molecular weight is 269 g/mol. The molecule has 3 N–H and O–H groups in total. The van der Waals surface area contributed by atoms with Crippen LogP contribution in [0.1, 0.15) is 43.8 Å². The summed E-state index contributed by atoms with van der Waals surface area (Å²) < 4.78 is 29.2. The van der Waals surface area contributed by atoms with Gasteiger partial charge < -0.3 is 10.3 Å². The Labute approximate surface area is 107 Å². The van der Waals surface area contributed by atoms with Crippen molar-refractivity contribution in [3.8, 4) is 0 Å². The minimum Gasteiger partial charge on any atom is -0.346 e. The van der Waals surface area contributed by atoms with Gasteiger partial charge in [0.15, 0.2) is 0 Å². The van der Waals surface area contributed by atoms with Crippen LogP contribution in [-0.2, 0) is 16.6 Å². The Morgan fingerprint density at radius 3 is 2.56 bits per heavy atom. The molecule has 1 aromatic heterocycles. The molecule has 0 aliphatic heterocycles. The fourth-order valence-corrected chi connectivity index (χ4v) is 3.67. The molecule has 0 radical (unpaired) electrons. The van der Waals surface area contributed by atoms with Gasteiger partial charge >= 0.3 is 0 Å². The molecule has 3 rings (SSSR count). The molecule has 6 heteroatoms. The molecule has 0 spiro atoms. The Bertz CT molecular complexity index is 542. The molecule has 2 saturated carbocycles. The van der Waals surface area contributed by atoms with E-state index < -0.39 is 10.0 Å². The van der Waals surface area contributed by atoms with Gasteiger partial charge in [0.2, 0.25) is 10.0 Å². The summed E-state index contributed by atoms with van der Waals surface area (Å²) in [6.45, 7) is 0.384. The van der Waals surface area contributed by atoms with Gasteiger partial charge in [-0.25, -0.2) is 13.1 Å². The van der Waals surface area contributed by atoms with Gasteiger partial charge in [0.25, 0.3) is 0 Å². The maximum atomic E-state index is 12.2. The lowest BCUT2D eigenvalue weighted by molar-refractivity contribution is 0.383. The second kappa shape index (κ2) is 4.36. The molecule has 0 unspecified atom stereocenters. The number of sulfonamides is 1. The highest BCUT2D eigenvalue weighted by Crippen LogP contribution is 2.37. The van der Waals surface area contributed by atoms with Crippen LogP contribution in [0.2, 0.25) is 0 Å². The van der Waals surface area contributed by atoms with E-state index in [4.69, 9.17) is 5.73 Å². The van der Waals surface area contributed by atoms with Crippen molar-refractivity contribution in [2.24, 2.45) is 5.73 Å². The summed E-state index contributed by atoms with van der Waals surface area (Å²) in [5.41, 5.74) is 6.58. The summed E-state index contributed by atoms with van der Waals surface area (Å²) in [6.07, 6.45) is 7.00. The molecule has 0 bridgehead atoms. The molecular weight excluding hydrogens is 250 g/mol. The molecule has 2 aliphatic rings. The number of hydrogen-bond acceptors (Lipinski definition) is 3. The lowest BCUT2D eigenvalue weighted by Gasteiger charge is -2.25. The van der Waals surface area contributed by atoms with E-state index in [9.17, 15) is 8.42 Å². The van der Waals surface area contributed by atoms with E-state index in [0.717, 1.165) is 37.8 Å². The van der Waals surface area contributed by atoms with Crippen molar-refractivity contribution in [3.63, 3.8) is 0 Å². The highest BCUT2D eigenvalue weighted by molar-refractivity contribution is 7.89. The zero-order valence-corrected chi connectivity index (χ0v) is 11.1. The van der Waals surface area contributed by atoms with E-state index in [2.05, 4.69) is 4.72 Å². The molecule has 0 aromatic carbocycles. The topological polar surface area (TPSA) is 77.1 Å². The number of nitrogens with one attached hydrogen (secondary N) is 1. The summed E-state index contributed by atoms with van der Waals surface area (Å²) in [6, 6.07) is 2.29. The van der Waals surface area contributed by atoms with Gasteiger partial charge in [-0.15, -0.1) is 0 Å². The number of nitrogens with two attached hydrogens (primary N) is 1. The molecule has 5 nitrogen and oxygen atoms in total. The van der Waals surface area contributed by atoms with Crippen LogP contribution in [0, 0.1) is 0 Å². The molecule has 18 heavy (non-hydrogen) atoms. The summed E-state index contributed by atoms with van der Waals surface area (Å²) in [7, 11) is -3.36. The molecule has 2 fully saturated rings. The average Bonchev–Trinajstić information content (AvgIpc) is 3.03. The van der Waals surface area contributed by atoms with E-state index in [1.165, 1.54) is 0 Å². The predicted octanol–water partition coefficient (Wildman–Crippen LogP) is 1.11. The fraction of sp³-hybridized carbons (Fsp3) is 0.667. The Hall–Kier alpha value is -0.850. The number of aromatic nitrogens is 1. The van der Waals surface area contributed by atoms with Gasteiger partial charge in [0.1, 0.15) is 0 Å². The van der Waals surface area contributed by atoms with Gasteiger partial charge in [-0.05, 0) is 31.7 Å². The van der Waals surface area contributed by atoms with E-state index in [1.807, 2.05) is 4.57 Å². The predicted molar refractivity (Wildman–Crippen MR) is 68.6 cm³/mol. The third kappa shape index (κ3) is 2.20. The summed E-state index contributed by atoms with van der Waals surface area (Å²) >= 11 is 0. The third-order valence-corrected chi connectivity index (χ3v) is 5.28. The number of hydrogen-bond donors (Lipinski definition) is 2. The van der Waals surface area contributed by atoms with Gasteiger partial charge in [-0.3, -0.25) is 0 Å². The first-order chi connectivity index (χ1) is 8.60. The zero-order chi connectivity index (χ0) is 12.8. The Morgan fingerprint density at radius 2 is 2.06 bits per heavy atom. The lowest BCUT2D eigenvalue weighted by Crippen LogP contribution is -2.39. The van der Waals surface area contributed by atoms with Gasteiger partial charge in [-0.2, -0.15) is 0 Å². The Balaban J connectivity index is 1.85. The van der Waals surface area contributed by atoms with Crippen molar-refractivity contribution in [1.82, 2.24) is 9.29 Å². The smallest absolute Gasteiger partial charge is 0.242 e. The van der Waals surface area contributed by atoms with Crippen molar-refractivity contribution >= 4 is 10.0 Å². The Morgan fingerprint density at radius 1 is 1.33 bits per heavy atom. The summed E-state index contributed by atoms with van der Waals surface area (Å²) in [5, 5.41) is 0. The van der Waals surface area contributed by atoms with Crippen LogP contribution in [-0.4, -0.2) is 19.0 Å². The second-order valence-corrected chi connectivity index (χ2v) is 6.97. The minimum atomic E-state index is -3.36. The van der Waals surface area contributed by atoms with E-state index >= 15 is 0 Å². The maximum absolute atomic E-state index is 12.2. The quantitative estimate of drug-likeness (QED) is 0.840. The monoisotopic (exact) mass is 269 g/mol. The zero-order valence-electron chi connectivity index (χ0n) is 10.3. The third-order valence-electron chi connectivity index (χ3n) is 3.79. The van der Waals surface area contributed by atoms with Crippen LogP contribution in [0.4, 0.5) is 0 Å². The molecule has 100 valence electrons. The fourth-order valence-electron chi connectivity index (χ4n) is 2.31. The van der Waals surface area contributed by atoms with Gasteiger partial charge in [0, 0.05) is 30.5 Å². The summed E-state index contributed by atoms with van der Waals surface area (Å²) in [4.78, 5) is 0.363. The summed E-state index contributed by atoms with van der Waals surface area (Å²) in [5.74, 6) is 0. The van der Waals surface area contributed by atoms with Crippen molar-refractivity contribution in [3.05, 3.63) is 18.0 Å². The molecule has 0 atom stereocenters. The van der Waals surface area contributed by atoms with Crippen LogP contribution < -0.4 is 10.5 Å². The lowest BCUT2D eigenvalue weighted by atomic mass is 9.94. The van der Waals surface area contributed by atoms with Crippen molar-refractivity contribution in [1.29, 1.82) is 0 Å². The standard InChI is InChI=1S/C12H19N3O2S/c13-7-11-6-12(8-15(11)10-4-5-10)18(16,17)14-9-2-1-3-9/h6,8-10,14H,1-5,7,13H2. The van der Waals surface area contributed by atoms with Crippen LogP contribution in [0.3, 0.4) is 0 Å². The molecule has 1 aromatic rings. The molecule has 0 saturated heterocycles. The molecular formula is C12H19N3O2S. The van der Waals surface area contributed by atoms with E-state index in [0.29, 0.717) is 17.5 Å². The maximum Gasteiger partial charge on any atom is 0.242 e. The number of rotatable bonds is 5. The molecule has 0 amide bonds. The van der Waals surface area contributed by atoms with Crippen LogP contribution >= 0.6 is 0 Å². The van der Waals surface area contributed by atoms with E-state index in [1.54, 1.807) is 12.3 Å². The number of nitrogens with zero attached hydrogens (tertiary/aromatic N) is 1. The van der Waals surface area contributed by atoms with Crippen LogP contribution in [0.25, 0.3) is 0 Å².